The highest BCUT2D eigenvalue weighted by Gasteiger charge is 2.06. The molecule has 3 heterocycles. The van der Waals surface area contributed by atoms with E-state index in [1.807, 2.05) is 23.7 Å². The van der Waals surface area contributed by atoms with Crippen LogP contribution in [-0.2, 0) is 13.1 Å². The van der Waals surface area contributed by atoms with E-state index >= 15 is 0 Å². The number of thiophene rings is 1. The van der Waals surface area contributed by atoms with Crippen LogP contribution in [0.5, 0.6) is 0 Å². The van der Waals surface area contributed by atoms with Gasteiger partial charge in [0.25, 0.3) is 5.56 Å². The maximum atomic E-state index is 12.2. The summed E-state index contributed by atoms with van der Waals surface area (Å²) in [5.74, 6) is 0. The number of H-pyrrole nitrogens is 1. The van der Waals surface area contributed by atoms with Crippen LogP contribution in [0.2, 0.25) is 0 Å². The van der Waals surface area contributed by atoms with Gasteiger partial charge in [-0.25, -0.2) is 0 Å². The third-order valence-electron chi connectivity index (χ3n) is 2.72. The third kappa shape index (κ3) is 1.91. The second-order valence-electron chi connectivity index (χ2n) is 3.82. The van der Waals surface area contributed by atoms with Crippen LogP contribution in [0.15, 0.2) is 34.7 Å². The molecule has 0 spiro atoms. The maximum absolute atomic E-state index is 12.2. The fourth-order valence-corrected chi connectivity index (χ4v) is 2.93. The fraction of sp³-hybridized carbons (Fsp3) is 0.182. The van der Waals surface area contributed by atoms with Gasteiger partial charge in [0.2, 0.25) is 0 Å². The number of aryl methyl sites for hydroxylation is 1. The average molecular weight is 278 g/mol. The minimum absolute atomic E-state index is 0.0397. The highest BCUT2D eigenvalue weighted by molar-refractivity contribution is 7.71. The van der Waals surface area contributed by atoms with E-state index in [9.17, 15) is 4.79 Å². The van der Waals surface area contributed by atoms with E-state index in [-0.39, 0.29) is 5.56 Å². The SMILES string of the molecule is O=c1c2ccsc2[nH]c(=S)n1CCn1cccn1. The van der Waals surface area contributed by atoms with E-state index in [0.717, 1.165) is 4.83 Å². The number of nitrogens with one attached hydrogen (secondary N) is 1. The van der Waals surface area contributed by atoms with Gasteiger partial charge in [0.05, 0.1) is 11.9 Å². The molecule has 0 unspecified atom stereocenters. The van der Waals surface area contributed by atoms with E-state index in [1.54, 1.807) is 15.4 Å². The molecular formula is C11H10N4OS2. The molecule has 18 heavy (non-hydrogen) atoms. The lowest BCUT2D eigenvalue weighted by Gasteiger charge is -2.06. The van der Waals surface area contributed by atoms with E-state index in [1.165, 1.54) is 11.3 Å². The molecular weight excluding hydrogens is 268 g/mol. The molecule has 0 saturated heterocycles. The van der Waals surface area contributed by atoms with Gasteiger partial charge in [0.1, 0.15) is 4.83 Å². The molecule has 3 aromatic rings. The Morgan fingerprint density at radius 3 is 3.11 bits per heavy atom. The highest BCUT2D eigenvalue weighted by atomic mass is 32.1. The Labute approximate surface area is 111 Å². The van der Waals surface area contributed by atoms with Crippen LogP contribution in [0.4, 0.5) is 0 Å². The monoisotopic (exact) mass is 278 g/mol. The first-order chi connectivity index (χ1) is 8.75. The standard InChI is InChI=1S/C11H10N4OS2/c16-10-8-2-7-18-9(8)13-11(17)15(10)6-5-14-4-1-3-12-14/h1-4,7H,5-6H2,(H,13,17). The van der Waals surface area contributed by atoms with E-state index in [0.29, 0.717) is 23.2 Å². The summed E-state index contributed by atoms with van der Waals surface area (Å²) < 4.78 is 3.81. The molecule has 92 valence electrons. The van der Waals surface area contributed by atoms with Crippen LogP contribution < -0.4 is 5.56 Å². The van der Waals surface area contributed by atoms with Crippen molar-refractivity contribution in [2.75, 3.05) is 0 Å². The molecule has 0 bridgehead atoms. The Balaban J connectivity index is 2.01. The number of rotatable bonds is 3. The van der Waals surface area contributed by atoms with Gasteiger partial charge in [-0.05, 0) is 29.7 Å². The number of hydrogen-bond acceptors (Lipinski definition) is 4. The van der Waals surface area contributed by atoms with E-state index in [2.05, 4.69) is 10.1 Å². The van der Waals surface area contributed by atoms with Crippen LogP contribution in [0.1, 0.15) is 0 Å². The van der Waals surface area contributed by atoms with Gasteiger partial charge >= 0.3 is 0 Å². The second-order valence-corrected chi connectivity index (χ2v) is 5.12. The van der Waals surface area contributed by atoms with Gasteiger partial charge in [0, 0.05) is 18.9 Å². The first-order valence-electron chi connectivity index (χ1n) is 5.43. The predicted octanol–water partition coefficient (Wildman–Crippen LogP) is 2.02. The predicted molar refractivity (Wildman–Crippen MR) is 73.5 cm³/mol. The van der Waals surface area contributed by atoms with Gasteiger partial charge < -0.3 is 4.98 Å². The number of nitrogens with zero attached hydrogens (tertiary/aromatic N) is 3. The minimum atomic E-state index is -0.0397. The number of aromatic nitrogens is 4. The highest BCUT2D eigenvalue weighted by Crippen LogP contribution is 2.13. The van der Waals surface area contributed by atoms with Gasteiger partial charge in [-0.2, -0.15) is 5.10 Å². The van der Waals surface area contributed by atoms with Crippen LogP contribution >= 0.6 is 23.6 Å². The van der Waals surface area contributed by atoms with Crippen LogP contribution in [-0.4, -0.2) is 19.3 Å². The zero-order valence-electron chi connectivity index (χ0n) is 9.37. The summed E-state index contributed by atoms with van der Waals surface area (Å²) in [6.07, 6.45) is 3.58. The largest absolute Gasteiger partial charge is 0.323 e. The van der Waals surface area contributed by atoms with Crippen LogP contribution in [0.25, 0.3) is 10.2 Å². The summed E-state index contributed by atoms with van der Waals surface area (Å²) in [6, 6.07) is 3.67. The molecule has 0 aliphatic carbocycles. The van der Waals surface area contributed by atoms with Crippen molar-refractivity contribution in [1.29, 1.82) is 0 Å². The average Bonchev–Trinajstić information content (AvgIpc) is 2.98. The summed E-state index contributed by atoms with van der Waals surface area (Å²) in [6.45, 7) is 1.14. The van der Waals surface area contributed by atoms with Gasteiger partial charge in [-0.15, -0.1) is 11.3 Å². The molecule has 0 fully saturated rings. The molecule has 0 atom stereocenters. The molecule has 0 amide bonds. The maximum Gasteiger partial charge on any atom is 0.263 e. The van der Waals surface area contributed by atoms with Crippen molar-refractivity contribution >= 4 is 33.8 Å². The molecule has 3 aromatic heterocycles. The Kier molecular flexibility index (Phi) is 2.85. The lowest BCUT2D eigenvalue weighted by molar-refractivity contribution is 0.518. The summed E-state index contributed by atoms with van der Waals surface area (Å²) in [5.41, 5.74) is -0.0397. The lowest BCUT2D eigenvalue weighted by atomic mass is 10.4. The van der Waals surface area contributed by atoms with Crippen molar-refractivity contribution in [2.24, 2.45) is 0 Å². The van der Waals surface area contributed by atoms with E-state index < -0.39 is 0 Å². The number of aromatic amines is 1. The molecule has 0 aliphatic heterocycles. The zero-order chi connectivity index (χ0) is 12.5. The van der Waals surface area contributed by atoms with Crippen molar-refractivity contribution in [3.8, 4) is 0 Å². The summed E-state index contributed by atoms with van der Waals surface area (Å²) >= 11 is 6.70. The zero-order valence-corrected chi connectivity index (χ0v) is 11.0. The summed E-state index contributed by atoms with van der Waals surface area (Å²) in [5, 5.41) is 6.68. The first kappa shape index (κ1) is 11.4. The van der Waals surface area contributed by atoms with E-state index in [4.69, 9.17) is 12.2 Å². The molecule has 5 nitrogen and oxygen atoms in total. The topological polar surface area (TPSA) is 55.6 Å². The number of fused-ring (bicyclic) bond motifs is 1. The van der Waals surface area contributed by atoms with Crippen molar-refractivity contribution in [3.63, 3.8) is 0 Å². The lowest BCUT2D eigenvalue weighted by Crippen LogP contribution is -2.23. The fourth-order valence-electron chi connectivity index (χ4n) is 1.81. The number of hydrogen-bond donors (Lipinski definition) is 1. The Bertz CT molecular complexity index is 781. The van der Waals surface area contributed by atoms with Crippen molar-refractivity contribution in [2.45, 2.75) is 13.1 Å². The Hall–Kier alpha value is -1.73. The van der Waals surface area contributed by atoms with Gasteiger partial charge in [-0.3, -0.25) is 14.0 Å². The molecule has 1 N–H and O–H groups in total. The quantitative estimate of drug-likeness (QED) is 0.746. The third-order valence-corrected chi connectivity index (χ3v) is 3.87. The Morgan fingerprint density at radius 2 is 2.33 bits per heavy atom. The second kappa shape index (κ2) is 4.51. The smallest absolute Gasteiger partial charge is 0.263 e. The van der Waals surface area contributed by atoms with Crippen molar-refractivity contribution < 1.29 is 0 Å². The summed E-state index contributed by atoms with van der Waals surface area (Å²) in [4.78, 5) is 16.1. The first-order valence-corrected chi connectivity index (χ1v) is 6.72. The molecule has 0 radical (unpaired) electrons. The molecule has 7 heteroatoms. The van der Waals surface area contributed by atoms with Crippen molar-refractivity contribution in [3.05, 3.63) is 45.0 Å². The Morgan fingerprint density at radius 1 is 1.44 bits per heavy atom. The van der Waals surface area contributed by atoms with Crippen LogP contribution in [0, 0.1) is 4.77 Å². The van der Waals surface area contributed by atoms with Gasteiger partial charge in [-0.1, -0.05) is 0 Å². The summed E-state index contributed by atoms with van der Waals surface area (Å²) in [7, 11) is 0. The van der Waals surface area contributed by atoms with Crippen molar-refractivity contribution in [1.82, 2.24) is 19.3 Å². The van der Waals surface area contributed by atoms with Crippen LogP contribution in [0.3, 0.4) is 0 Å². The molecule has 0 aromatic carbocycles. The minimum Gasteiger partial charge on any atom is -0.323 e. The molecule has 0 saturated carbocycles. The molecule has 3 rings (SSSR count). The normalized spacial score (nSPS) is 11.1. The molecule has 0 aliphatic rings. The van der Waals surface area contributed by atoms with Gasteiger partial charge in [0.15, 0.2) is 4.77 Å².